The van der Waals surface area contributed by atoms with E-state index in [1.54, 1.807) is 6.08 Å². The Hall–Kier alpha value is -0.840. The molecule has 0 aromatic carbocycles. The molecule has 1 saturated carbocycles. The molecular formula is C14H18ClNO2S. The van der Waals surface area contributed by atoms with E-state index in [4.69, 9.17) is 11.6 Å². The number of aliphatic hydroxyl groups is 1. The van der Waals surface area contributed by atoms with E-state index in [1.807, 2.05) is 12.1 Å². The summed E-state index contributed by atoms with van der Waals surface area (Å²) in [5, 5.41) is 12.3. The van der Waals surface area contributed by atoms with Gasteiger partial charge < -0.3 is 10.4 Å². The van der Waals surface area contributed by atoms with Gasteiger partial charge in [-0.25, -0.2) is 0 Å². The Morgan fingerprint density at radius 1 is 1.47 bits per heavy atom. The SMILES string of the molecule is O=C(/C=C/c1ccc(Cl)s1)NCC1(CO)CCCC1. The summed E-state index contributed by atoms with van der Waals surface area (Å²) in [6, 6.07) is 3.69. The van der Waals surface area contributed by atoms with Crippen molar-refractivity contribution in [1.82, 2.24) is 5.32 Å². The number of hydrogen-bond acceptors (Lipinski definition) is 3. The lowest BCUT2D eigenvalue weighted by molar-refractivity contribution is -0.117. The minimum Gasteiger partial charge on any atom is -0.396 e. The average molecular weight is 300 g/mol. The maximum absolute atomic E-state index is 11.7. The molecule has 1 heterocycles. The highest BCUT2D eigenvalue weighted by molar-refractivity contribution is 7.17. The van der Waals surface area contributed by atoms with Gasteiger partial charge in [0.25, 0.3) is 0 Å². The zero-order valence-electron chi connectivity index (χ0n) is 10.7. The second kappa shape index (κ2) is 6.55. The van der Waals surface area contributed by atoms with E-state index in [1.165, 1.54) is 17.4 Å². The Bertz CT molecular complexity index is 464. The fourth-order valence-electron chi connectivity index (χ4n) is 2.43. The molecule has 1 aliphatic rings. The Balaban J connectivity index is 1.83. The zero-order chi connectivity index (χ0) is 13.7. The van der Waals surface area contributed by atoms with Crippen molar-refractivity contribution in [3.8, 4) is 0 Å². The van der Waals surface area contributed by atoms with Gasteiger partial charge in [0.15, 0.2) is 0 Å². The first-order valence-electron chi connectivity index (χ1n) is 6.46. The van der Waals surface area contributed by atoms with E-state index in [0.717, 1.165) is 30.6 Å². The van der Waals surface area contributed by atoms with Gasteiger partial charge >= 0.3 is 0 Å². The maximum Gasteiger partial charge on any atom is 0.244 e. The number of thiophene rings is 1. The van der Waals surface area contributed by atoms with Crippen LogP contribution in [0.25, 0.3) is 6.08 Å². The molecule has 2 N–H and O–H groups in total. The number of rotatable bonds is 5. The van der Waals surface area contributed by atoms with Crippen LogP contribution in [0.4, 0.5) is 0 Å². The number of amides is 1. The van der Waals surface area contributed by atoms with Gasteiger partial charge in [-0.2, -0.15) is 0 Å². The van der Waals surface area contributed by atoms with Crippen molar-refractivity contribution < 1.29 is 9.90 Å². The number of carbonyl (C=O) groups excluding carboxylic acids is 1. The summed E-state index contributed by atoms with van der Waals surface area (Å²) >= 11 is 7.25. The van der Waals surface area contributed by atoms with E-state index in [2.05, 4.69) is 5.32 Å². The van der Waals surface area contributed by atoms with Gasteiger partial charge in [-0.3, -0.25) is 4.79 Å². The maximum atomic E-state index is 11.7. The van der Waals surface area contributed by atoms with E-state index >= 15 is 0 Å². The van der Waals surface area contributed by atoms with Crippen molar-refractivity contribution in [3.05, 3.63) is 27.4 Å². The van der Waals surface area contributed by atoms with E-state index < -0.39 is 0 Å². The van der Waals surface area contributed by atoms with E-state index in [0.29, 0.717) is 10.9 Å². The molecule has 0 unspecified atom stereocenters. The summed E-state index contributed by atoms with van der Waals surface area (Å²) < 4.78 is 0.713. The summed E-state index contributed by atoms with van der Waals surface area (Å²) in [5.74, 6) is -0.121. The highest BCUT2D eigenvalue weighted by Gasteiger charge is 2.33. The largest absolute Gasteiger partial charge is 0.396 e. The van der Waals surface area contributed by atoms with Crippen LogP contribution in [0.15, 0.2) is 18.2 Å². The van der Waals surface area contributed by atoms with Crippen LogP contribution in [0.1, 0.15) is 30.6 Å². The van der Waals surface area contributed by atoms with E-state index in [9.17, 15) is 9.90 Å². The first kappa shape index (κ1) is 14.6. The highest BCUT2D eigenvalue weighted by atomic mass is 35.5. The van der Waals surface area contributed by atoms with Gasteiger partial charge in [0.05, 0.1) is 10.9 Å². The molecule has 1 aliphatic carbocycles. The number of carbonyl (C=O) groups is 1. The van der Waals surface area contributed by atoms with Crippen LogP contribution in [0, 0.1) is 5.41 Å². The lowest BCUT2D eigenvalue weighted by Crippen LogP contribution is -2.37. The van der Waals surface area contributed by atoms with Gasteiger partial charge in [0, 0.05) is 22.9 Å². The number of halogens is 1. The lowest BCUT2D eigenvalue weighted by Gasteiger charge is -2.26. The van der Waals surface area contributed by atoms with Gasteiger partial charge in [-0.15, -0.1) is 11.3 Å². The van der Waals surface area contributed by atoms with Crippen LogP contribution in [0.2, 0.25) is 4.34 Å². The van der Waals surface area contributed by atoms with Crippen molar-refractivity contribution in [1.29, 1.82) is 0 Å². The Morgan fingerprint density at radius 2 is 2.21 bits per heavy atom. The standard InChI is InChI=1S/C14H18ClNO2S/c15-12-5-3-11(19-12)4-6-13(18)16-9-14(10-17)7-1-2-8-14/h3-6,17H,1-2,7-10H2,(H,16,18)/b6-4+. The van der Waals surface area contributed by atoms with Crippen LogP contribution in [0.5, 0.6) is 0 Å². The topological polar surface area (TPSA) is 49.3 Å². The van der Waals surface area contributed by atoms with Gasteiger partial charge in [-0.05, 0) is 31.1 Å². The van der Waals surface area contributed by atoms with Gasteiger partial charge in [-0.1, -0.05) is 24.4 Å². The van der Waals surface area contributed by atoms with Gasteiger partial charge in [0.1, 0.15) is 0 Å². The number of nitrogens with one attached hydrogen (secondary N) is 1. The number of hydrogen-bond donors (Lipinski definition) is 2. The Kier molecular flexibility index (Phi) is 5.02. The lowest BCUT2D eigenvalue weighted by atomic mass is 9.87. The van der Waals surface area contributed by atoms with Crippen LogP contribution < -0.4 is 5.32 Å². The fraction of sp³-hybridized carbons (Fsp3) is 0.500. The highest BCUT2D eigenvalue weighted by Crippen LogP contribution is 2.36. The third kappa shape index (κ3) is 4.06. The third-order valence-electron chi connectivity index (χ3n) is 3.63. The molecule has 0 radical (unpaired) electrons. The molecule has 104 valence electrons. The minimum absolute atomic E-state index is 0.101. The summed E-state index contributed by atoms with van der Waals surface area (Å²) in [6.45, 7) is 0.704. The molecule has 1 fully saturated rings. The molecular weight excluding hydrogens is 282 g/mol. The molecule has 0 atom stereocenters. The predicted octanol–water partition coefficient (Wildman–Crippen LogP) is 3.08. The fourth-order valence-corrected chi connectivity index (χ4v) is 3.39. The molecule has 0 saturated heterocycles. The van der Waals surface area contributed by atoms with Crippen molar-refractivity contribution in [2.75, 3.05) is 13.2 Å². The van der Waals surface area contributed by atoms with Crippen molar-refractivity contribution in [2.45, 2.75) is 25.7 Å². The second-order valence-electron chi connectivity index (χ2n) is 5.06. The van der Waals surface area contributed by atoms with Crippen molar-refractivity contribution in [3.63, 3.8) is 0 Å². The molecule has 1 amide bonds. The Morgan fingerprint density at radius 3 is 2.79 bits per heavy atom. The van der Waals surface area contributed by atoms with Crippen LogP contribution >= 0.6 is 22.9 Å². The summed E-state index contributed by atoms with van der Waals surface area (Å²) in [7, 11) is 0. The van der Waals surface area contributed by atoms with Crippen LogP contribution in [-0.2, 0) is 4.79 Å². The molecule has 1 aromatic rings. The molecule has 2 rings (SSSR count). The molecule has 0 aliphatic heterocycles. The second-order valence-corrected chi connectivity index (χ2v) is 6.80. The molecule has 0 spiro atoms. The first-order valence-corrected chi connectivity index (χ1v) is 7.65. The summed E-state index contributed by atoms with van der Waals surface area (Å²) in [4.78, 5) is 12.7. The van der Waals surface area contributed by atoms with Gasteiger partial charge in [0.2, 0.25) is 5.91 Å². The summed E-state index contributed by atoms with van der Waals surface area (Å²) in [6.07, 6.45) is 7.54. The molecule has 19 heavy (non-hydrogen) atoms. The minimum atomic E-state index is -0.121. The number of aliphatic hydroxyl groups excluding tert-OH is 1. The average Bonchev–Trinajstić information content (AvgIpc) is 3.04. The molecule has 3 nitrogen and oxygen atoms in total. The zero-order valence-corrected chi connectivity index (χ0v) is 12.3. The normalized spacial score (nSPS) is 18.0. The first-order chi connectivity index (χ1) is 9.13. The van der Waals surface area contributed by atoms with Crippen LogP contribution in [0.3, 0.4) is 0 Å². The summed E-state index contributed by atoms with van der Waals surface area (Å²) in [5.41, 5.74) is -0.101. The van der Waals surface area contributed by atoms with Crippen molar-refractivity contribution in [2.24, 2.45) is 5.41 Å². The third-order valence-corrected chi connectivity index (χ3v) is 4.83. The quantitative estimate of drug-likeness (QED) is 0.821. The van der Waals surface area contributed by atoms with Crippen LogP contribution in [-0.4, -0.2) is 24.2 Å². The van der Waals surface area contributed by atoms with E-state index in [-0.39, 0.29) is 17.9 Å². The van der Waals surface area contributed by atoms with Crippen molar-refractivity contribution >= 4 is 34.9 Å². The predicted molar refractivity (Wildman–Crippen MR) is 79.4 cm³/mol. The molecule has 1 aromatic heterocycles. The smallest absolute Gasteiger partial charge is 0.244 e. The Labute approximate surface area is 122 Å². The molecule has 0 bridgehead atoms. The monoisotopic (exact) mass is 299 g/mol. The molecule has 5 heteroatoms.